The van der Waals surface area contributed by atoms with Gasteiger partial charge in [-0.15, -0.1) is 0 Å². The third-order valence-electron chi connectivity index (χ3n) is 8.56. The number of carbonyl (C=O) groups is 2. The first kappa shape index (κ1) is 11.7. The molecule has 3 saturated carbocycles. The molecule has 4 aliphatic carbocycles. The van der Waals surface area contributed by atoms with Gasteiger partial charge in [-0.3, -0.25) is 9.59 Å². The number of allylic oxidation sites excluding steroid dienone is 4. The van der Waals surface area contributed by atoms with Crippen molar-refractivity contribution in [2.24, 2.45) is 28.6 Å². The van der Waals surface area contributed by atoms with Gasteiger partial charge in [0.05, 0.1) is 19.1 Å². The normalized spacial score (nSPS) is 60.8. The van der Waals surface area contributed by atoms with Crippen molar-refractivity contribution in [1.29, 1.82) is 0 Å². The van der Waals surface area contributed by atoms with E-state index >= 15 is 0 Å². The van der Waals surface area contributed by atoms with Crippen LogP contribution in [-0.4, -0.2) is 52.4 Å². The maximum atomic E-state index is 13.8. The molecule has 0 aromatic heterocycles. The molecule has 0 radical (unpaired) electrons. The third-order valence-corrected chi connectivity index (χ3v) is 8.56. The number of hydrogen-bond donors (Lipinski definition) is 2. The lowest BCUT2D eigenvalue weighted by Gasteiger charge is -2.59. The Morgan fingerprint density at radius 1 is 1.48 bits per heavy atom. The van der Waals surface area contributed by atoms with Gasteiger partial charge in [-0.05, 0) is 56.0 Å². The van der Waals surface area contributed by atoms with Crippen LogP contribution in [0, 0.1) is 28.6 Å². The van der Waals surface area contributed by atoms with Gasteiger partial charge in [-0.2, -0.15) is 0 Å². The molecule has 170 valence electrons. The summed E-state index contributed by atoms with van der Waals surface area (Å²) < 4.78 is 108. The van der Waals surface area contributed by atoms with Crippen molar-refractivity contribution in [3.8, 4) is 0 Å². The first-order chi connectivity index (χ1) is 19.2. The number of fused-ring (bicyclic) bond motifs is 7. The molecule has 0 spiro atoms. The van der Waals surface area contributed by atoms with E-state index in [1.54, 1.807) is 6.92 Å². The maximum Gasteiger partial charge on any atom is 0.193 e. The molecule has 1 unspecified atom stereocenters. The predicted molar refractivity (Wildman–Crippen MR) is 113 cm³/mol. The summed E-state index contributed by atoms with van der Waals surface area (Å²) in [6.45, 7) is -4.03. The van der Waals surface area contributed by atoms with E-state index in [0.717, 1.165) is 0 Å². The van der Waals surface area contributed by atoms with Crippen LogP contribution in [0.25, 0.3) is 0 Å². The summed E-state index contributed by atoms with van der Waals surface area (Å²) in [5.41, 5.74) is -4.90. The average Bonchev–Trinajstić information content (AvgIpc) is 3.28. The molecule has 5 rings (SSSR count). The molecule has 2 N–H and O–H groups in total. The molecule has 5 aliphatic rings. The molecule has 9 atom stereocenters. The zero-order valence-electron chi connectivity index (χ0n) is 29.3. The molecule has 0 bridgehead atoms. The Bertz CT molecular complexity index is 1340. The van der Waals surface area contributed by atoms with Crippen molar-refractivity contribution in [2.75, 3.05) is 6.56 Å². The van der Waals surface area contributed by atoms with Crippen molar-refractivity contribution < 1.29 is 45.7 Å². The lowest BCUT2D eigenvalue weighted by atomic mass is 9.46. The van der Waals surface area contributed by atoms with E-state index in [4.69, 9.17) is 25.9 Å². The molecule has 1 heterocycles. The van der Waals surface area contributed by atoms with Crippen molar-refractivity contribution in [3.05, 3.63) is 23.8 Å². The highest BCUT2D eigenvalue weighted by Gasteiger charge is 2.75. The number of aliphatic hydroxyl groups excluding tert-OH is 1. The molecule has 0 aromatic rings. The second-order valence-corrected chi connectivity index (χ2v) is 9.69. The number of aliphatic hydroxyl groups is 2. The van der Waals surface area contributed by atoms with Gasteiger partial charge < -0.3 is 19.7 Å². The Labute approximate surface area is 200 Å². The summed E-state index contributed by atoms with van der Waals surface area (Å²) >= 11 is 0. The summed E-state index contributed by atoms with van der Waals surface area (Å²) in [4.78, 5) is 26.3. The number of ether oxygens (including phenoxy) is 2. The Kier molecular flexibility index (Phi) is 2.67. The minimum Gasteiger partial charge on any atom is -0.393 e. The zero-order valence-corrected chi connectivity index (χ0v) is 17.3. The van der Waals surface area contributed by atoms with Crippen LogP contribution in [0.5, 0.6) is 0 Å². The molecule has 1 saturated heterocycles. The summed E-state index contributed by atoms with van der Waals surface area (Å²) in [7, 11) is 0. The largest absolute Gasteiger partial charge is 0.393 e. The fraction of sp³-hybridized carbons (Fsp3) is 0.760. The van der Waals surface area contributed by atoms with Gasteiger partial charge >= 0.3 is 0 Å². The maximum absolute atomic E-state index is 13.8. The van der Waals surface area contributed by atoms with E-state index in [0.29, 0.717) is 12.0 Å². The van der Waals surface area contributed by atoms with Crippen LogP contribution in [0.15, 0.2) is 23.8 Å². The number of rotatable bonds is 4. The lowest BCUT2D eigenvalue weighted by molar-refractivity contribution is -0.200. The minimum absolute atomic E-state index is 0.182. The van der Waals surface area contributed by atoms with E-state index in [2.05, 4.69) is 0 Å². The highest BCUT2D eigenvalue weighted by Crippen LogP contribution is 2.69. The molecular formula is C25H34O6. The first-order valence-electron chi connectivity index (χ1n) is 16.5. The van der Waals surface area contributed by atoms with E-state index in [1.165, 1.54) is 13.0 Å². The zero-order chi connectivity index (χ0) is 32.7. The van der Waals surface area contributed by atoms with Crippen LogP contribution in [0.1, 0.15) is 75.6 Å². The van der Waals surface area contributed by atoms with Crippen LogP contribution in [0.3, 0.4) is 0 Å². The van der Waals surface area contributed by atoms with Crippen LogP contribution in [-0.2, 0) is 19.1 Å². The van der Waals surface area contributed by atoms with Gasteiger partial charge in [0.2, 0.25) is 0 Å². The van der Waals surface area contributed by atoms with Crippen LogP contribution < -0.4 is 0 Å². The Hall–Kier alpha value is -1.34. The molecule has 31 heavy (non-hydrogen) atoms. The summed E-state index contributed by atoms with van der Waals surface area (Å²) in [6, 6.07) is -0.703. The molecular weight excluding hydrogens is 396 g/mol. The SMILES string of the molecule is [2H]C1=C[C@@]2(C)C(=C([2H])C1=O)CC[C@@H]1[C@@H]2[C@@H](O)C[C@@]2(C)[C@H]1C[C@H]1OC([2H])(C([2H])([2H])C([2H])([2H])C([2H])([2H])[2H])O[C@]12C(=O)C([2H])([2H])O. The van der Waals surface area contributed by atoms with Crippen molar-refractivity contribution in [3.63, 3.8) is 0 Å². The Balaban J connectivity index is 1.64. The third kappa shape index (κ3) is 2.65. The first-order valence-corrected chi connectivity index (χ1v) is 10.5. The fourth-order valence-corrected chi connectivity index (χ4v) is 7.38. The van der Waals surface area contributed by atoms with E-state index in [9.17, 15) is 19.8 Å². The summed E-state index contributed by atoms with van der Waals surface area (Å²) in [6.07, 6.45) is -12.5. The van der Waals surface area contributed by atoms with E-state index in [-0.39, 0.29) is 25.3 Å². The monoisotopic (exact) mass is 442 g/mol. The van der Waals surface area contributed by atoms with Crippen molar-refractivity contribution in [2.45, 2.75) is 83.2 Å². The number of Topliss-reactive ketones (excluding diaryl/α,β-unsaturated/α-hetero) is 1. The summed E-state index contributed by atoms with van der Waals surface area (Å²) in [5.74, 6) is -4.18. The van der Waals surface area contributed by atoms with Gasteiger partial charge in [0.15, 0.2) is 23.4 Å². The molecule has 1 aliphatic heterocycles. The van der Waals surface area contributed by atoms with E-state index < -0.39 is 96.4 Å². The van der Waals surface area contributed by atoms with Gasteiger partial charge in [0, 0.05) is 26.3 Å². The highest BCUT2D eigenvalue weighted by atomic mass is 16.7. The standard InChI is InChI=1S/C25H34O6/c1-4-5-21-30-20-11-17-16-7-6-14-10-15(27)8-9-23(14,2)22(16)18(28)12-24(17,3)25(20,31-21)19(29)13-26/h8-10,16-18,20-22,26,28H,4-7,11-13H2,1-3H3/t16-,17-,18-,20+,21?,22+,23-,24-,25+/m0/s1/i1D3,4D2,5D2,8D,10D,13D2,21D. The second-order valence-electron chi connectivity index (χ2n) is 9.69. The average molecular weight is 443 g/mol. The molecule has 6 nitrogen and oxygen atoms in total. The lowest BCUT2D eigenvalue weighted by Crippen LogP contribution is -2.63. The van der Waals surface area contributed by atoms with Crippen molar-refractivity contribution >= 4 is 11.6 Å². The Morgan fingerprint density at radius 3 is 3.03 bits per heavy atom. The van der Waals surface area contributed by atoms with Crippen molar-refractivity contribution in [1.82, 2.24) is 0 Å². The molecule has 0 aromatic carbocycles. The van der Waals surface area contributed by atoms with Gasteiger partial charge in [0.25, 0.3) is 0 Å². The molecule has 4 fully saturated rings. The summed E-state index contributed by atoms with van der Waals surface area (Å²) in [5, 5.41) is 22.0. The fourth-order valence-electron chi connectivity index (χ4n) is 7.38. The number of ketones is 2. The topological polar surface area (TPSA) is 93.1 Å². The predicted octanol–water partition coefficient (Wildman–Crippen LogP) is 2.72. The van der Waals surface area contributed by atoms with Gasteiger partial charge in [-0.25, -0.2) is 0 Å². The van der Waals surface area contributed by atoms with Crippen LogP contribution in [0.4, 0.5) is 0 Å². The van der Waals surface area contributed by atoms with Gasteiger partial charge in [0.1, 0.15) is 6.56 Å². The van der Waals surface area contributed by atoms with Gasteiger partial charge in [-0.1, -0.05) is 38.7 Å². The quantitative estimate of drug-likeness (QED) is 0.695. The van der Waals surface area contributed by atoms with E-state index in [1.807, 2.05) is 0 Å². The Morgan fingerprint density at radius 2 is 2.29 bits per heavy atom. The molecule has 0 amide bonds. The molecule has 6 heteroatoms. The smallest absolute Gasteiger partial charge is 0.193 e. The number of carbonyl (C=O) groups excluding carboxylic acids is 2. The van der Waals surface area contributed by atoms with Crippen LogP contribution in [0.2, 0.25) is 0 Å². The highest BCUT2D eigenvalue weighted by molar-refractivity contribution is 6.01. The number of hydrogen-bond acceptors (Lipinski definition) is 6. The second kappa shape index (κ2) is 7.08. The van der Waals surface area contributed by atoms with Crippen LogP contribution >= 0.6 is 0 Å². The minimum atomic E-state index is -3.75.